The van der Waals surface area contributed by atoms with E-state index in [1.165, 1.54) is 11.1 Å². The van der Waals surface area contributed by atoms with E-state index in [0.29, 0.717) is 5.75 Å². The van der Waals surface area contributed by atoms with Gasteiger partial charge in [0, 0.05) is 5.92 Å². The Morgan fingerprint density at radius 3 is 2.14 bits per heavy atom. The lowest BCUT2D eigenvalue weighted by Crippen LogP contribution is -2.00. The molecule has 0 aliphatic rings. The third kappa shape index (κ3) is 2.97. The van der Waals surface area contributed by atoms with E-state index in [-0.39, 0.29) is 11.7 Å². The Balaban J connectivity index is 2.42. The standard InChI is InChI=1S/C18H22O3/c1-11-8-15(10-18(21-5)12(11)2)13(3)14-6-7-17(20-4)16(19)9-14/h6-10,13,19H,1-5H3. The summed E-state index contributed by atoms with van der Waals surface area (Å²) in [5.74, 6) is 1.71. The molecule has 0 radical (unpaired) electrons. The zero-order valence-electron chi connectivity index (χ0n) is 13.2. The van der Waals surface area contributed by atoms with Crippen LogP contribution in [0, 0.1) is 13.8 Å². The summed E-state index contributed by atoms with van der Waals surface area (Å²) < 4.78 is 10.5. The van der Waals surface area contributed by atoms with Gasteiger partial charge in [-0.3, -0.25) is 0 Å². The quantitative estimate of drug-likeness (QED) is 0.916. The highest BCUT2D eigenvalue weighted by Gasteiger charge is 2.14. The molecule has 2 rings (SSSR count). The number of aromatic hydroxyl groups is 1. The van der Waals surface area contributed by atoms with Crippen LogP contribution in [0.25, 0.3) is 0 Å². The summed E-state index contributed by atoms with van der Waals surface area (Å²) in [7, 11) is 3.24. The van der Waals surface area contributed by atoms with Gasteiger partial charge in [-0.2, -0.15) is 0 Å². The highest BCUT2D eigenvalue weighted by molar-refractivity contribution is 5.48. The predicted octanol–water partition coefficient (Wildman–Crippen LogP) is 4.18. The summed E-state index contributed by atoms with van der Waals surface area (Å²) in [6.45, 7) is 6.26. The third-order valence-electron chi connectivity index (χ3n) is 4.06. The maximum absolute atomic E-state index is 9.94. The number of ether oxygens (including phenoxy) is 2. The van der Waals surface area contributed by atoms with Crippen LogP contribution in [-0.4, -0.2) is 19.3 Å². The highest BCUT2D eigenvalue weighted by atomic mass is 16.5. The molecule has 2 aromatic rings. The molecule has 1 unspecified atom stereocenters. The molecule has 0 bridgehead atoms. The van der Waals surface area contributed by atoms with E-state index in [0.717, 1.165) is 16.9 Å². The van der Waals surface area contributed by atoms with Crippen LogP contribution in [0.15, 0.2) is 30.3 Å². The van der Waals surface area contributed by atoms with Crippen LogP contribution in [-0.2, 0) is 0 Å². The minimum absolute atomic E-state index is 0.162. The number of phenols is 1. The monoisotopic (exact) mass is 286 g/mol. The first-order valence-electron chi connectivity index (χ1n) is 7.00. The first-order chi connectivity index (χ1) is 9.97. The fourth-order valence-corrected chi connectivity index (χ4v) is 2.48. The van der Waals surface area contributed by atoms with E-state index >= 15 is 0 Å². The van der Waals surface area contributed by atoms with Gasteiger partial charge in [0.1, 0.15) is 5.75 Å². The fourth-order valence-electron chi connectivity index (χ4n) is 2.48. The van der Waals surface area contributed by atoms with Crippen molar-refractivity contribution in [3.63, 3.8) is 0 Å². The highest BCUT2D eigenvalue weighted by Crippen LogP contribution is 2.34. The molecule has 0 spiro atoms. The molecule has 0 amide bonds. The van der Waals surface area contributed by atoms with Gasteiger partial charge in [-0.1, -0.05) is 19.1 Å². The number of methoxy groups -OCH3 is 2. The molecule has 0 aliphatic heterocycles. The van der Waals surface area contributed by atoms with Crippen LogP contribution in [0.3, 0.4) is 0 Å². The van der Waals surface area contributed by atoms with E-state index in [1.807, 2.05) is 6.07 Å². The molecule has 112 valence electrons. The van der Waals surface area contributed by atoms with Crippen LogP contribution >= 0.6 is 0 Å². The normalized spacial score (nSPS) is 12.0. The Morgan fingerprint density at radius 2 is 1.57 bits per heavy atom. The number of aryl methyl sites for hydroxylation is 1. The maximum Gasteiger partial charge on any atom is 0.160 e. The third-order valence-corrected chi connectivity index (χ3v) is 4.06. The molecular weight excluding hydrogens is 264 g/mol. The first kappa shape index (κ1) is 15.2. The van der Waals surface area contributed by atoms with Gasteiger partial charge in [0.05, 0.1) is 14.2 Å². The molecule has 0 aliphatic carbocycles. The lowest BCUT2D eigenvalue weighted by Gasteiger charge is -2.17. The zero-order chi connectivity index (χ0) is 15.6. The smallest absolute Gasteiger partial charge is 0.160 e. The molecule has 0 aromatic heterocycles. The van der Waals surface area contributed by atoms with Gasteiger partial charge < -0.3 is 14.6 Å². The lowest BCUT2D eigenvalue weighted by atomic mass is 9.90. The van der Waals surface area contributed by atoms with Crippen LogP contribution in [0.5, 0.6) is 17.2 Å². The van der Waals surface area contributed by atoms with Crippen molar-refractivity contribution in [2.75, 3.05) is 14.2 Å². The second kappa shape index (κ2) is 6.08. The largest absolute Gasteiger partial charge is 0.504 e. The van der Waals surface area contributed by atoms with Crippen molar-refractivity contribution in [1.82, 2.24) is 0 Å². The Labute approximate surface area is 126 Å². The molecule has 1 N–H and O–H groups in total. The summed E-state index contributed by atoms with van der Waals surface area (Å²) in [5, 5.41) is 9.94. The number of hydrogen-bond donors (Lipinski definition) is 1. The second-order valence-electron chi connectivity index (χ2n) is 5.32. The molecule has 0 saturated heterocycles. The van der Waals surface area contributed by atoms with E-state index in [1.54, 1.807) is 26.4 Å². The maximum atomic E-state index is 9.94. The molecule has 0 saturated carbocycles. The predicted molar refractivity (Wildman–Crippen MR) is 84.6 cm³/mol. The van der Waals surface area contributed by atoms with E-state index in [4.69, 9.17) is 9.47 Å². The molecule has 3 heteroatoms. The molecule has 21 heavy (non-hydrogen) atoms. The lowest BCUT2D eigenvalue weighted by molar-refractivity contribution is 0.373. The molecule has 3 nitrogen and oxygen atoms in total. The summed E-state index contributed by atoms with van der Waals surface area (Å²) in [5.41, 5.74) is 4.57. The molecule has 1 atom stereocenters. The topological polar surface area (TPSA) is 38.7 Å². The van der Waals surface area contributed by atoms with Gasteiger partial charge in [-0.05, 0) is 54.3 Å². The minimum atomic E-state index is 0.162. The van der Waals surface area contributed by atoms with Gasteiger partial charge in [0.25, 0.3) is 0 Å². The average molecular weight is 286 g/mol. The zero-order valence-corrected chi connectivity index (χ0v) is 13.2. The molecule has 0 fully saturated rings. The second-order valence-corrected chi connectivity index (χ2v) is 5.32. The van der Waals surface area contributed by atoms with Gasteiger partial charge in [0.15, 0.2) is 11.5 Å². The van der Waals surface area contributed by atoms with Crippen LogP contribution in [0.1, 0.15) is 35.1 Å². The van der Waals surface area contributed by atoms with E-state index < -0.39 is 0 Å². The minimum Gasteiger partial charge on any atom is -0.504 e. The van der Waals surface area contributed by atoms with Crippen LogP contribution in [0.4, 0.5) is 0 Å². The van der Waals surface area contributed by atoms with Crippen molar-refractivity contribution in [3.8, 4) is 17.2 Å². The Morgan fingerprint density at radius 1 is 0.905 bits per heavy atom. The van der Waals surface area contributed by atoms with Gasteiger partial charge >= 0.3 is 0 Å². The van der Waals surface area contributed by atoms with Crippen LogP contribution in [0.2, 0.25) is 0 Å². The van der Waals surface area contributed by atoms with Crippen molar-refractivity contribution in [3.05, 3.63) is 52.6 Å². The van der Waals surface area contributed by atoms with E-state index in [2.05, 4.69) is 32.9 Å². The van der Waals surface area contributed by atoms with Crippen molar-refractivity contribution in [1.29, 1.82) is 0 Å². The first-order valence-corrected chi connectivity index (χ1v) is 7.00. The van der Waals surface area contributed by atoms with Crippen molar-refractivity contribution in [2.45, 2.75) is 26.7 Å². The average Bonchev–Trinajstić information content (AvgIpc) is 2.49. The SMILES string of the molecule is COc1ccc(C(C)c2cc(C)c(C)c(OC)c2)cc1O. The van der Waals surface area contributed by atoms with Gasteiger partial charge in [-0.25, -0.2) is 0 Å². The summed E-state index contributed by atoms with van der Waals surface area (Å²) in [6.07, 6.45) is 0. The number of phenolic OH excluding ortho intramolecular Hbond substituents is 1. The fraction of sp³-hybridized carbons (Fsp3) is 0.333. The van der Waals surface area contributed by atoms with Crippen LogP contribution < -0.4 is 9.47 Å². The Bertz CT molecular complexity index is 647. The van der Waals surface area contributed by atoms with Gasteiger partial charge in [0.2, 0.25) is 0 Å². The van der Waals surface area contributed by atoms with Crippen molar-refractivity contribution in [2.24, 2.45) is 0 Å². The van der Waals surface area contributed by atoms with Gasteiger partial charge in [-0.15, -0.1) is 0 Å². The number of hydrogen-bond acceptors (Lipinski definition) is 3. The Kier molecular flexibility index (Phi) is 4.41. The molecule has 0 heterocycles. The van der Waals surface area contributed by atoms with Crippen molar-refractivity contribution < 1.29 is 14.6 Å². The van der Waals surface area contributed by atoms with Crippen molar-refractivity contribution >= 4 is 0 Å². The number of benzene rings is 2. The summed E-state index contributed by atoms with van der Waals surface area (Å²) in [6, 6.07) is 9.76. The summed E-state index contributed by atoms with van der Waals surface area (Å²) in [4.78, 5) is 0. The number of rotatable bonds is 4. The molecular formula is C18H22O3. The molecule has 2 aromatic carbocycles. The van der Waals surface area contributed by atoms with E-state index in [9.17, 15) is 5.11 Å². The summed E-state index contributed by atoms with van der Waals surface area (Å²) >= 11 is 0. The Hall–Kier alpha value is -2.16.